The highest BCUT2D eigenvalue weighted by molar-refractivity contribution is 5.79. The number of cyclic esters (lactones) is 1. The van der Waals surface area contributed by atoms with Gasteiger partial charge in [0.1, 0.15) is 12.2 Å². The number of rotatable bonds is 3. The zero-order valence-electron chi connectivity index (χ0n) is 10.2. The normalized spacial score (nSPS) is 26.9. The Labute approximate surface area is 101 Å². The van der Waals surface area contributed by atoms with Crippen LogP contribution in [0.3, 0.4) is 0 Å². The standard InChI is InChI=1S/C14H18O3/c1-14(2)12(15)11(17-13(14)16)9-8-10-6-4-3-5-7-10/h3-7,11-12,15H,8-9H2,1-2H3/t11-,12+/m0/s1. The summed E-state index contributed by atoms with van der Waals surface area (Å²) in [7, 11) is 0. The van der Waals surface area contributed by atoms with Crippen molar-refractivity contribution >= 4 is 5.97 Å². The minimum Gasteiger partial charge on any atom is -0.459 e. The van der Waals surface area contributed by atoms with Crippen LogP contribution in [0, 0.1) is 5.41 Å². The van der Waals surface area contributed by atoms with Gasteiger partial charge in [-0.1, -0.05) is 30.3 Å². The number of carbonyl (C=O) groups is 1. The van der Waals surface area contributed by atoms with Crippen molar-refractivity contribution in [3.05, 3.63) is 35.9 Å². The van der Waals surface area contributed by atoms with Gasteiger partial charge in [-0.25, -0.2) is 0 Å². The van der Waals surface area contributed by atoms with Gasteiger partial charge in [-0.15, -0.1) is 0 Å². The number of aliphatic hydroxyl groups is 1. The molecule has 1 aromatic rings. The van der Waals surface area contributed by atoms with E-state index < -0.39 is 11.5 Å². The lowest BCUT2D eigenvalue weighted by atomic mass is 9.85. The molecule has 0 saturated carbocycles. The van der Waals surface area contributed by atoms with Crippen molar-refractivity contribution in [2.24, 2.45) is 5.41 Å². The number of benzene rings is 1. The lowest BCUT2D eigenvalue weighted by molar-refractivity contribution is -0.147. The number of hydrogen-bond acceptors (Lipinski definition) is 3. The lowest BCUT2D eigenvalue weighted by Crippen LogP contribution is -2.34. The average molecular weight is 234 g/mol. The van der Waals surface area contributed by atoms with Crippen LogP contribution in [-0.4, -0.2) is 23.3 Å². The van der Waals surface area contributed by atoms with Crippen LogP contribution >= 0.6 is 0 Å². The Morgan fingerprint density at radius 3 is 2.47 bits per heavy atom. The van der Waals surface area contributed by atoms with Crippen molar-refractivity contribution in [1.82, 2.24) is 0 Å². The fourth-order valence-electron chi connectivity index (χ4n) is 2.11. The highest BCUT2D eigenvalue weighted by Crippen LogP contribution is 2.35. The Hall–Kier alpha value is -1.35. The molecule has 0 aliphatic carbocycles. The first-order chi connectivity index (χ1) is 8.01. The van der Waals surface area contributed by atoms with E-state index in [1.54, 1.807) is 13.8 Å². The molecule has 0 spiro atoms. The van der Waals surface area contributed by atoms with E-state index in [4.69, 9.17) is 4.74 Å². The first kappa shape index (κ1) is 12.1. The maximum Gasteiger partial charge on any atom is 0.314 e. The molecule has 1 fully saturated rings. The summed E-state index contributed by atoms with van der Waals surface area (Å²) in [6, 6.07) is 10.0. The van der Waals surface area contributed by atoms with Gasteiger partial charge in [0.15, 0.2) is 0 Å². The van der Waals surface area contributed by atoms with Gasteiger partial charge in [0.2, 0.25) is 0 Å². The molecule has 0 aromatic heterocycles. The van der Waals surface area contributed by atoms with E-state index in [0.29, 0.717) is 6.42 Å². The van der Waals surface area contributed by atoms with Crippen molar-refractivity contribution in [2.45, 2.75) is 38.9 Å². The van der Waals surface area contributed by atoms with Crippen LogP contribution in [0.2, 0.25) is 0 Å². The number of ether oxygens (including phenoxy) is 1. The molecule has 0 bridgehead atoms. The summed E-state index contributed by atoms with van der Waals surface area (Å²) in [5, 5.41) is 10.0. The minimum absolute atomic E-state index is 0.303. The molecule has 0 amide bonds. The van der Waals surface area contributed by atoms with E-state index in [9.17, 15) is 9.90 Å². The quantitative estimate of drug-likeness (QED) is 0.813. The fraction of sp³-hybridized carbons (Fsp3) is 0.500. The number of aliphatic hydroxyl groups excluding tert-OH is 1. The van der Waals surface area contributed by atoms with Crippen LogP contribution in [0.1, 0.15) is 25.8 Å². The molecule has 3 heteroatoms. The number of hydrogen-bond donors (Lipinski definition) is 1. The smallest absolute Gasteiger partial charge is 0.314 e. The van der Waals surface area contributed by atoms with Crippen molar-refractivity contribution < 1.29 is 14.6 Å². The summed E-state index contributed by atoms with van der Waals surface area (Å²) in [5.41, 5.74) is 0.418. The average Bonchev–Trinajstić information content (AvgIpc) is 2.52. The third-order valence-electron chi connectivity index (χ3n) is 3.44. The van der Waals surface area contributed by atoms with Crippen LogP contribution < -0.4 is 0 Å². The zero-order valence-corrected chi connectivity index (χ0v) is 10.2. The van der Waals surface area contributed by atoms with Crippen molar-refractivity contribution in [3.8, 4) is 0 Å². The fourth-order valence-corrected chi connectivity index (χ4v) is 2.11. The van der Waals surface area contributed by atoms with Crippen molar-refractivity contribution in [1.29, 1.82) is 0 Å². The largest absolute Gasteiger partial charge is 0.459 e. The topological polar surface area (TPSA) is 46.5 Å². The number of carbonyl (C=O) groups excluding carboxylic acids is 1. The molecule has 17 heavy (non-hydrogen) atoms. The zero-order chi connectivity index (χ0) is 12.5. The van der Waals surface area contributed by atoms with Gasteiger partial charge < -0.3 is 9.84 Å². The maximum atomic E-state index is 11.5. The van der Waals surface area contributed by atoms with Crippen LogP contribution in [0.4, 0.5) is 0 Å². The van der Waals surface area contributed by atoms with Gasteiger partial charge in [0.05, 0.1) is 5.41 Å². The number of esters is 1. The Morgan fingerprint density at radius 2 is 1.94 bits per heavy atom. The third-order valence-corrected chi connectivity index (χ3v) is 3.44. The molecule has 1 aromatic carbocycles. The summed E-state index contributed by atoms with van der Waals surface area (Å²) in [6.45, 7) is 3.45. The Balaban J connectivity index is 1.96. The summed E-state index contributed by atoms with van der Waals surface area (Å²) in [5.74, 6) is -0.303. The van der Waals surface area contributed by atoms with Gasteiger partial charge in [-0.05, 0) is 32.3 Å². The molecule has 1 heterocycles. The molecule has 1 saturated heterocycles. The molecule has 2 rings (SSSR count). The van der Waals surface area contributed by atoms with Gasteiger partial charge in [0.25, 0.3) is 0 Å². The van der Waals surface area contributed by atoms with E-state index in [2.05, 4.69) is 0 Å². The van der Waals surface area contributed by atoms with E-state index in [-0.39, 0.29) is 12.1 Å². The van der Waals surface area contributed by atoms with Gasteiger partial charge in [-0.3, -0.25) is 4.79 Å². The second-order valence-electron chi connectivity index (χ2n) is 5.13. The molecule has 92 valence electrons. The third kappa shape index (κ3) is 2.34. The van der Waals surface area contributed by atoms with E-state index >= 15 is 0 Å². The Kier molecular flexibility index (Phi) is 3.20. The van der Waals surface area contributed by atoms with Gasteiger partial charge in [0, 0.05) is 0 Å². The molecule has 0 radical (unpaired) electrons. The van der Waals surface area contributed by atoms with Crippen LogP contribution in [-0.2, 0) is 16.0 Å². The lowest BCUT2D eigenvalue weighted by Gasteiger charge is -2.19. The predicted octanol–water partition coefficient (Wildman–Crippen LogP) is 1.93. The number of aryl methyl sites for hydroxylation is 1. The van der Waals surface area contributed by atoms with Crippen molar-refractivity contribution in [3.63, 3.8) is 0 Å². The summed E-state index contributed by atoms with van der Waals surface area (Å²) in [4.78, 5) is 11.5. The maximum absolute atomic E-state index is 11.5. The molecule has 2 atom stereocenters. The van der Waals surface area contributed by atoms with Crippen molar-refractivity contribution in [2.75, 3.05) is 0 Å². The summed E-state index contributed by atoms with van der Waals surface area (Å²) in [6.07, 6.45) is 0.392. The Morgan fingerprint density at radius 1 is 1.29 bits per heavy atom. The molecule has 1 aliphatic rings. The second-order valence-corrected chi connectivity index (χ2v) is 5.13. The van der Waals surface area contributed by atoms with Gasteiger partial charge in [-0.2, -0.15) is 0 Å². The molecule has 1 aliphatic heterocycles. The van der Waals surface area contributed by atoms with E-state index in [1.807, 2.05) is 30.3 Å². The van der Waals surface area contributed by atoms with E-state index in [1.165, 1.54) is 5.56 Å². The molecule has 3 nitrogen and oxygen atoms in total. The summed E-state index contributed by atoms with van der Waals surface area (Å²) < 4.78 is 5.22. The highest BCUT2D eigenvalue weighted by atomic mass is 16.6. The summed E-state index contributed by atoms with van der Waals surface area (Å²) >= 11 is 0. The predicted molar refractivity (Wildman–Crippen MR) is 64.4 cm³/mol. The first-order valence-corrected chi connectivity index (χ1v) is 5.95. The highest BCUT2D eigenvalue weighted by Gasteiger charge is 2.49. The van der Waals surface area contributed by atoms with Gasteiger partial charge >= 0.3 is 5.97 Å². The SMILES string of the molecule is CC1(C)C(=O)O[C@@H](CCc2ccccc2)[C@H]1O. The molecular weight excluding hydrogens is 216 g/mol. The second kappa shape index (κ2) is 4.49. The van der Waals surface area contributed by atoms with Crippen LogP contribution in [0.5, 0.6) is 0 Å². The van der Waals surface area contributed by atoms with Crippen LogP contribution in [0.25, 0.3) is 0 Å². The minimum atomic E-state index is -0.776. The molecular formula is C14H18O3. The Bertz CT molecular complexity index is 397. The monoisotopic (exact) mass is 234 g/mol. The van der Waals surface area contributed by atoms with Crippen LogP contribution in [0.15, 0.2) is 30.3 Å². The first-order valence-electron chi connectivity index (χ1n) is 5.95. The molecule has 1 N–H and O–H groups in total. The van der Waals surface area contributed by atoms with E-state index in [0.717, 1.165) is 6.42 Å². The molecule has 0 unspecified atom stereocenters.